The molecule has 0 aromatic rings. The van der Waals surface area contributed by atoms with Crippen LogP contribution in [0.4, 0.5) is 8.78 Å². The van der Waals surface area contributed by atoms with Gasteiger partial charge in [-0.25, -0.2) is 8.78 Å². The van der Waals surface area contributed by atoms with E-state index in [1.807, 2.05) is 0 Å². The van der Waals surface area contributed by atoms with Gasteiger partial charge in [0.2, 0.25) is 0 Å². The minimum Gasteiger partial charge on any atom is -0.389 e. The maximum absolute atomic E-state index is 12.7. The lowest BCUT2D eigenvalue weighted by atomic mass is 9.89. The topological polar surface area (TPSA) is 125 Å². The molecule has 0 saturated heterocycles. The molecule has 0 aromatic carbocycles. The molecule has 10 heteroatoms. The summed E-state index contributed by atoms with van der Waals surface area (Å²) in [5.74, 6) is -1.49. The van der Waals surface area contributed by atoms with Crippen molar-refractivity contribution in [1.29, 1.82) is 0 Å². The summed E-state index contributed by atoms with van der Waals surface area (Å²) in [5.41, 5.74) is -2.98. The molecular weight excluding hydrogens is 246 g/mol. The second-order valence-electron chi connectivity index (χ2n) is 3.30. The van der Waals surface area contributed by atoms with Crippen LogP contribution in [0.2, 0.25) is 0 Å². The number of hydrogen-bond acceptors (Lipinski definition) is 8. The van der Waals surface area contributed by atoms with Crippen molar-refractivity contribution in [2.24, 2.45) is 0 Å². The molecule has 0 saturated carbocycles. The highest BCUT2D eigenvalue weighted by atomic mass is 19.3. The first-order chi connectivity index (χ1) is 7.78. The van der Waals surface area contributed by atoms with Gasteiger partial charge in [-0.3, -0.25) is 25.6 Å². The SMILES string of the molecule is O=C(CO)C(CCCN(O)O)(C(F)F)N(O)O. The number of hydroxylamine groups is 4. The van der Waals surface area contributed by atoms with Crippen molar-refractivity contribution >= 4 is 5.78 Å². The van der Waals surface area contributed by atoms with Crippen molar-refractivity contribution in [2.45, 2.75) is 24.8 Å². The Bertz CT molecular complexity index is 243. The van der Waals surface area contributed by atoms with Gasteiger partial charge < -0.3 is 5.11 Å². The van der Waals surface area contributed by atoms with Gasteiger partial charge >= 0.3 is 0 Å². The van der Waals surface area contributed by atoms with Crippen molar-refractivity contribution in [3.8, 4) is 0 Å². The average molecular weight is 260 g/mol. The second-order valence-corrected chi connectivity index (χ2v) is 3.30. The number of Topliss-reactive ketones (excluding diaryl/α,β-unsaturated/α-hetero) is 1. The highest BCUT2D eigenvalue weighted by molar-refractivity contribution is 5.89. The van der Waals surface area contributed by atoms with Gasteiger partial charge in [-0.2, -0.15) is 0 Å². The van der Waals surface area contributed by atoms with Gasteiger partial charge in [0.05, 0.1) is 6.54 Å². The molecule has 102 valence electrons. The van der Waals surface area contributed by atoms with Crippen molar-refractivity contribution in [1.82, 2.24) is 10.5 Å². The van der Waals surface area contributed by atoms with Gasteiger partial charge in [-0.05, 0) is 12.8 Å². The zero-order valence-electron chi connectivity index (χ0n) is 8.70. The maximum atomic E-state index is 12.7. The van der Waals surface area contributed by atoms with Crippen LogP contribution in [0.1, 0.15) is 12.8 Å². The van der Waals surface area contributed by atoms with E-state index in [1.54, 1.807) is 0 Å². The van der Waals surface area contributed by atoms with Crippen molar-refractivity contribution in [3.63, 3.8) is 0 Å². The number of aliphatic hydroxyl groups excluding tert-OH is 1. The lowest BCUT2D eigenvalue weighted by Crippen LogP contribution is -2.58. The predicted molar refractivity (Wildman–Crippen MR) is 45.8 cm³/mol. The fraction of sp³-hybridized carbons (Fsp3) is 0.857. The van der Waals surface area contributed by atoms with E-state index >= 15 is 0 Å². The van der Waals surface area contributed by atoms with Crippen LogP contribution < -0.4 is 0 Å². The number of nitrogens with zero attached hydrogens (tertiary/aromatic N) is 2. The molecule has 0 heterocycles. The summed E-state index contributed by atoms with van der Waals surface area (Å²) in [6, 6.07) is 0. The van der Waals surface area contributed by atoms with Gasteiger partial charge in [-0.15, -0.1) is 0 Å². The van der Waals surface area contributed by atoms with E-state index in [0.29, 0.717) is 0 Å². The minimum absolute atomic E-state index is 0.293. The molecule has 0 radical (unpaired) electrons. The molecule has 5 N–H and O–H groups in total. The molecule has 0 spiro atoms. The highest BCUT2D eigenvalue weighted by Gasteiger charge is 2.51. The summed E-state index contributed by atoms with van der Waals surface area (Å²) in [5, 5.41) is 41.5. The van der Waals surface area contributed by atoms with Gasteiger partial charge in [0.15, 0.2) is 11.3 Å². The normalized spacial score (nSPS) is 15.6. The summed E-state index contributed by atoms with van der Waals surface area (Å²) < 4.78 is 25.5. The number of carbonyl (C=O) groups excluding carboxylic acids is 1. The van der Waals surface area contributed by atoms with Crippen LogP contribution in [0, 0.1) is 0 Å². The Morgan fingerprint density at radius 1 is 1.24 bits per heavy atom. The first-order valence-corrected chi connectivity index (χ1v) is 4.54. The third-order valence-electron chi connectivity index (χ3n) is 2.26. The van der Waals surface area contributed by atoms with E-state index in [0.717, 1.165) is 0 Å². The van der Waals surface area contributed by atoms with E-state index in [1.165, 1.54) is 0 Å². The van der Waals surface area contributed by atoms with Gasteiger partial charge in [-0.1, -0.05) is 10.5 Å². The van der Waals surface area contributed by atoms with E-state index < -0.39 is 42.5 Å². The lowest BCUT2D eigenvalue weighted by molar-refractivity contribution is -0.373. The van der Waals surface area contributed by atoms with Crippen molar-refractivity contribution in [3.05, 3.63) is 0 Å². The van der Waals surface area contributed by atoms with Crippen LogP contribution >= 0.6 is 0 Å². The van der Waals surface area contributed by atoms with Crippen LogP contribution in [-0.2, 0) is 4.79 Å². The van der Waals surface area contributed by atoms with Gasteiger partial charge in [0.1, 0.15) is 6.61 Å². The number of hydrogen-bond donors (Lipinski definition) is 5. The van der Waals surface area contributed by atoms with Crippen LogP contribution in [0.15, 0.2) is 0 Å². The third-order valence-corrected chi connectivity index (χ3v) is 2.26. The quantitative estimate of drug-likeness (QED) is 0.370. The molecule has 17 heavy (non-hydrogen) atoms. The summed E-state index contributed by atoms with van der Waals surface area (Å²) in [7, 11) is 0. The number of alkyl halides is 2. The van der Waals surface area contributed by atoms with E-state index in [2.05, 4.69) is 0 Å². The van der Waals surface area contributed by atoms with E-state index in [-0.39, 0.29) is 11.6 Å². The molecule has 0 aromatic heterocycles. The van der Waals surface area contributed by atoms with Gasteiger partial charge in [0.25, 0.3) is 6.43 Å². The predicted octanol–water partition coefficient (Wildman–Crippen LogP) is -0.507. The maximum Gasteiger partial charge on any atom is 0.268 e. The Morgan fingerprint density at radius 3 is 2.06 bits per heavy atom. The fourth-order valence-electron chi connectivity index (χ4n) is 1.30. The monoisotopic (exact) mass is 260 g/mol. The molecule has 0 aliphatic rings. The molecular formula is C7H14F2N2O6. The van der Waals surface area contributed by atoms with E-state index in [4.69, 9.17) is 25.9 Å². The Balaban J connectivity index is 4.87. The minimum atomic E-state index is -3.47. The standard InChI is InChI=1S/C7H14F2N2O6/c8-6(9)7(11(16)17,5(13)4-12)2-1-3-10(14)15/h6,12,14-17H,1-4H2. The van der Waals surface area contributed by atoms with Crippen LogP contribution in [0.3, 0.4) is 0 Å². The third kappa shape index (κ3) is 3.89. The fourth-order valence-corrected chi connectivity index (χ4v) is 1.30. The summed E-state index contributed by atoms with van der Waals surface area (Å²) in [6.07, 6.45) is -4.60. The largest absolute Gasteiger partial charge is 0.389 e. The van der Waals surface area contributed by atoms with Gasteiger partial charge in [0, 0.05) is 0 Å². The molecule has 8 nitrogen and oxygen atoms in total. The Labute approximate surface area is 94.7 Å². The first-order valence-electron chi connectivity index (χ1n) is 4.54. The smallest absolute Gasteiger partial charge is 0.268 e. The Kier molecular flexibility index (Phi) is 6.56. The number of ketones is 1. The second kappa shape index (κ2) is 6.86. The molecule has 0 aliphatic carbocycles. The molecule has 0 bridgehead atoms. The first kappa shape index (κ1) is 16.2. The van der Waals surface area contributed by atoms with Crippen LogP contribution in [0.5, 0.6) is 0 Å². The lowest BCUT2D eigenvalue weighted by Gasteiger charge is -2.33. The number of halogens is 2. The molecule has 0 fully saturated rings. The Hall–Kier alpha value is -0.750. The van der Waals surface area contributed by atoms with Crippen molar-refractivity contribution < 1.29 is 39.5 Å². The Morgan fingerprint density at radius 2 is 1.76 bits per heavy atom. The molecule has 1 unspecified atom stereocenters. The number of rotatable bonds is 8. The molecule has 1 atom stereocenters. The van der Waals surface area contributed by atoms with Crippen LogP contribution in [0.25, 0.3) is 0 Å². The summed E-state index contributed by atoms with van der Waals surface area (Å²) >= 11 is 0. The average Bonchev–Trinajstić information content (AvgIpc) is 2.21. The summed E-state index contributed by atoms with van der Waals surface area (Å²) in [6.45, 7) is -1.79. The molecule has 0 rings (SSSR count). The summed E-state index contributed by atoms with van der Waals surface area (Å²) in [4.78, 5) is 11.2. The number of aliphatic hydroxyl groups is 1. The highest BCUT2D eigenvalue weighted by Crippen LogP contribution is 2.28. The number of carbonyl (C=O) groups is 1. The molecule has 0 amide bonds. The molecule has 0 aliphatic heterocycles. The van der Waals surface area contributed by atoms with E-state index in [9.17, 15) is 13.6 Å². The van der Waals surface area contributed by atoms with Crippen molar-refractivity contribution in [2.75, 3.05) is 13.2 Å². The zero-order valence-corrected chi connectivity index (χ0v) is 8.70. The zero-order chi connectivity index (χ0) is 13.6. The van der Waals surface area contributed by atoms with Crippen LogP contribution in [-0.4, -0.2) is 67.3 Å².